The highest BCUT2D eigenvalue weighted by molar-refractivity contribution is 5.54. The zero-order valence-corrected chi connectivity index (χ0v) is 11.5. The van der Waals surface area contributed by atoms with E-state index >= 15 is 0 Å². The molecule has 0 aromatic heterocycles. The van der Waals surface area contributed by atoms with Crippen LogP contribution in [0.1, 0.15) is 11.1 Å². The second-order valence-corrected chi connectivity index (χ2v) is 4.30. The molecular formula is C15H12N2O4. The zero-order chi connectivity index (χ0) is 15.4. The van der Waals surface area contributed by atoms with Crippen LogP contribution >= 0.6 is 0 Å². The minimum atomic E-state index is -0.547. The summed E-state index contributed by atoms with van der Waals surface area (Å²) in [6.07, 6.45) is 0. The molecule has 0 aliphatic heterocycles. The molecule has 0 saturated heterocycles. The monoisotopic (exact) mass is 284 g/mol. The molecule has 0 spiro atoms. The Hall–Kier alpha value is -3.07. The van der Waals surface area contributed by atoms with Gasteiger partial charge < -0.3 is 9.47 Å². The Morgan fingerprint density at radius 1 is 1.19 bits per heavy atom. The van der Waals surface area contributed by atoms with Gasteiger partial charge in [-0.2, -0.15) is 5.26 Å². The fourth-order valence-electron chi connectivity index (χ4n) is 1.79. The van der Waals surface area contributed by atoms with Gasteiger partial charge in [-0.3, -0.25) is 10.1 Å². The molecular weight excluding hydrogens is 272 g/mol. The quantitative estimate of drug-likeness (QED) is 0.632. The summed E-state index contributed by atoms with van der Waals surface area (Å²) in [5.74, 6) is 0.723. The number of ether oxygens (including phenoxy) is 2. The second kappa shape index (κ2) is 5.92. The van der Waals surface area contributed by atoms with Crippen molar-refractivity contribution in [1.29, 1.82) is 5.26 Å². The van der Waals surface area contributed by atoms with Crippen LogP contribution < -0.4 is 9.47 Å². The summed E-state index contributed by atoms with van der Waals surface area (Å²) in [5.41, 5.74) is 1.02. The van der Waals surface area contributed by atoms with Gasteiger partial charge in [0.1, 0.15) is 17.6 Å². The maximum Gasteiger partial charge on any atom is 0.311 e. The predicted molar refractivity (Wildman–Crippen MR) is 75.6 cm³/mol. The molecule has 2 rings (SSSR count). The summed E-state index contributed by atoms with van der Waals surface area (Å²) in [7, 11) is 1.46. The van der Waals surface area contributed by atoms with Gasteiger partial charge in [0.05, 0.1) is 17.6 Å². The van der Waals surface area contributed by atoms with Crippen molar-refractivity contribution in [2.45, 2.75) is 6.92 Å². The molecule has 106 valence electrons. The number of methoxy groups -OCH3 is 1. The lowest BCUT2D eigenvalue weighted by molar-refractivity contribution is -0.385. The molecule has 6 heteroatoms. The standard InChI is InChI=1S/C15H12N2O4/c1-10-3-6-14(11(7-10)9-16)21-15-8-12(20-2)4-5-13(15)17(18)19/h3-8H,1-2H3. The summed E-state index contributed by atoms with van der Waals surface area (Å²) < 4.78 is 10.6. The molecule has 0 radical (unpaired) electrons. The number of nitro benzene ring substituents is 1. The molecule has 0 atom stereocenters. The number of nitriles is 1. The topological polar surface area (TPSA) is 85.4 Å². The van der Waals surface area contributed by atoms with Crippen LogP contribution in [0.3, 0.4) is 0 Å². The molecule has 0 fully saturated rings. The van der Waals surface area contributed by atoms with Crippen LogP contribution in [0.2, 0.25) is 0 Å². The average Bonchev–Trinajstić information content (AvgIpc) is 2.48. The molecule has 0 unspecified atom stereocenters. The van der Waals surface area contributed by atoms with Crippen LogP contribution in [-0.4, -0.2) is 12.0 Å². The minimum absolute atomic E-state index is 0.0275. The highest BCUT2D eigenvalue weighted by Gasteiger charge is 2.18. The molecule has 6 nitrogen and oxygen atoms in total. The first-order valence-corrected chi connectivity index (χ1v) is 6.06. The van der Waals surface area contributed by atoms with E-state index in [0.29, 0.717) is 11.3 Å². The van der Waals surface area contributed by atoms with E-state index in [1.54, 1.807) is 18.2 Å². The summed E-state index contributed by atoms with van der Waals surface area (Å²) >= 11 is 0. The number of benzene rings is 2. The van der Waals surface area contributed by atoms with Gasteiger partial charge >= 0.3 is 5.69 Å². The normalized spacial score (nSPS) is 9.76. The Morgan fingerprint density at radius 2 is 1.95 bits per heavy atom. The Labute approximate surface area is 121 Å². The number of nitro groups is 1. The molecule has 21 heavy (non-hydrogen) atoms. The molecule has 0 aliphatic rings. The van der Waals surface area contributed by atoms with Crippen LogP contribution in [0.25, 0.3) is 0 Å². The predicted octanol–water partition coefficient (Wildman–Crippen LogP) is 3.58. The van der Waals surface area contributed by atoms with Crippen molar-refractivity contribution in [3.8, 4) is 23.3 Å². The minimum Gasteiger partial charge on any atom is -0.497 e. The van der Waals surface area contributed by atoms with E-state index in [9.17, 15) is 10.1 Å². The van der Waals surface area contributed by atoms with Crippen molar-refractivity contribution in [2.75, 3.05) is 7.11 Å². The van der Waals surface area contributed by atoms with Crippen molar-refractivity contribution in [3.63, 3.8) is 0 Å². The highest BCUT2D eigenvalue weighted by Crippen LogP contribution is 2.35. The van der Waals surface area contributed by atoms with E-state index < -0.39 is 4.92 Å². The molecule has 2 aromatic carbocycles. The van der Waals surface area contributed by atoms with Gasteiger partial charge in [-0.1, -0.05) is 6.07 Å². The third kappa shape index (κ3) is 3.09. The Kier molecular flexibility index (Phi) is 4.05. The van der Waals surface area contributed by atoms with Crippen molar-refractivity contribution in [1.82, 2.24) is 0 Å². The molecule has 0 N–H and O–H groups in total. The summed E-state index contributed by atoms with van der Waals surface area (Å²) in [6, 6.07) is 11.2. The lowest BCUT2D eigenvalue weighted by Gasteiger charge is -2.09. The Morgan fingerprint density at radius 3 is 2.57 bits per heavy atom. The van der Waals surface area contributed by atoms with E-state index in [2.05, 4.69) is 0 Å². The zero-order valence-electron chi connectivity index (χ0n) is 11.5. The van der Waals surface area contributed by atoms with Gasteiger partial charge in [0.2, 0.25) is 5.75 Å². The number of hydrogen-bond acceptors (Lipinski definition) is 5. The van der Waals surface area contributed by atoms with Gasteiger partial charge in [0.15, 0.2) is 0 Å². The maximum absolute atomic E-state index is 11.0. The number of rotatable bonds is 4. The highest BCUT2D eigenvalue weighted by atomic mass is 16.6. The first-order valence-electron chi connectivity index (χ1n) is 6.06. The SMILES string of the molecule is COc1ccc([N+](=O)[O-])c(Oc2ccc(C)cc2C#N)c1. The first kappa shape index (κ1) is 14.3. The van der Waals surface area contributed by atoms with E-state index in [1.807, 2.05) is 13.0 Å². The van der Waals surface area contributed by atoms with Crippen molar-refractivity contribution < 1.29 is 14.4 Å². The van der Waals surface area contributed by atoms with Crippen molar-refractivity contribution >= 4 is 5.69 Å². The third-order valence-electron chi connectivity index (χ3n) is 2.84. The van der Waals surface area contributed by atoms with Crippen LogP contribution in [0.4, 0.5) is 5.69 Å². The Balaban J connectivity index is 2.48. The fraction of sp³-hybridized carbons (Fsp3) is 0.133. The van der Waals surface area contributed by atoms with Gasteiger partial charge in [0, 0.05) is 12.1 Å². The van der Waals surface area contributed by atoms with Crippen LogP contribution in [0.5, 0.6) is 17.2 Å². The Bertz CT molecular complexity index is 735. The van der Waals surface area contributed by atoms with Crippen LogP contribution in [-0.2, 0) is 0 Å². The van der Waals surface area contributed by atoms with E-state index in [4.69, 9.17) is 14.7 Å². The lowest BCUT2D eigenvalue weighted by atomic mass is 10.1. The van der Waals surface area contributed by atoms with E-state index in [-0.39, 0.29) is 17.2 Å². The molecule has 0 amide bonds. The molecule has 0 aliphatic carbocycles. The lowest BCUT2D eigenvalue weighted by Crippen LogP contribution is -1.96. The summed E-state index contributed by atoms with van der Waals surface area (Å²) in [6.45, 7) is 1.85. The van der Waals surface area contributed by atoms with Gasteiger partial charge in [-0.15, -0.1) is 0 Å². The van der Waals surface area contributed by atoms with Gasteiger partial charge in [-0.05, 0) is 30.7 Å². The second-order valence-electron chi connectivity index (χ2n) is 4.30. The number of aryl methyl sites for hydroxylation is 1. The van der Waals surface area contributed by atoms with Crippen molar-refractivity contribution in [3.05, 3.63) is 57.6 Å². The molecule has 0 heterocycles. The summed E-state index contributed by atoms with van der Waals surface area (Å²) in [5, 5.41) is 20.2. The van der Waals surface area contributed by atoms with Crippen LogP contribution in [0.15, 0.2) is 36.4 Å². The first-order chi connectivity index (χ1) is 10.0. The molecule has 0 bridgehead atoms. The smallest absolute Gasteiger partial charge is 0.311 e. The third-order valence-corrected chi connectivity index (χ3v) is 2.84. The number of nitrogens with zero attached hydrogens (tertiary/aromatic N) is 2. The maximum atomic E-state index is 11.0. The van der Waals surface area contributed by atoms with E-state index in [0.717, 1.165) is 5.56 Å². The van der Waals surface area contributed by atoms with Crippen LogP contribution in [0, 0.1) is 28.4 Å². The largest absolute Gasteiger partial charge is 0.497 e. The average molecular weight is 284 g/mol. The molecule has 2 aromatic rings. The molecule has 0 saturated carbocycles. The number of hydrogen-bond donors (Lipinski definition) is 0. The van der Waals surface area contributed by atoms with E-state index in [1.165, 1.54) is 25.3 Å². The summed E-state index contributed by atoms with van der Waals surface area (Å²) in [4.78, 5) is 10.5. The fourth-order valence-corrected chi connectivity index (χ4v) is 1.79. The van der Waals surface area contributed by atoms with Gasteiger partial charge in [0.25, 0.3) is 0 Å². The van der Waals surface area contributed by atoms with Gasteiger partial charge in [-0.25, -0.2) is 0 Å². The van der Waals surface area contributed by atoms with Crippen molar-refractivity contribution in [2.24, 2.45) is 0 Å².